The number of carbonyl (C=O) groups excluding carboxylic acids is 3. The van der Waals surface area contributed by atoms with Crippen molar-refractivity contribution in [3.8, 4) is 0 Å². The SMILES string of the molecule is CC(C)CNC(=O)[C@@H]1[C@@H](c2ccc(NC(=O)c3cccc(Cl)c3)cc2)OC(=O)N1Cc1ccc(F)cc1. The van der Waals surface area contributed by atoms with Crippen molar-refractivity contribution in [2.24, 2.45) is 5.92 Å². The number of nitrogens with one attached hydrogen (secondary N) is 2. The molecule has 1 fully saturated rings. The van der Waals surface area contributed by atoms with Crippen LogP contribution in [0.15, 0.2) is 72.8 Å². The summed E-state index contributed by atoms with van der Waals surface area (Å²) in [5.74, 6) is -0.836. The molecule has 0 spiro atoms. The first-order chi connectivity index (χ1) is 17.7. The normalized spacial score (nSPS) is 17.0. The van der Waals surface area contributed by atoms with Crippen molar-refractivity contribution in [3.63, 3.8) is 0 Å². The molecule has 2 N–H and O–H groups in total. The van der Waals surface area contributed by atoms with Crippen molar-refractivity contribution >= 4 is 35.2 Å². The Bertz CT molecular complexity index is 1280. The predicted octanol–water partition coefficient (Wildman–Crippen LogP) is 5.57. The Labute approximate surface area is 219 Å². The highest BCUT2D eigenvalue weighted by Crippen LogP contribution is 2.34. The monoisotopic (exact) mass is 523 g/mol. The van der Waals surface area contributed by atoms with Gasteiger partial charge in [-0.25, -0.2) is 9.18 Å². The van der Waals surface area contributed by atoms with Crippen LogP contribution in [0.3, 0.4) is 0 Å². The largest absolute Gasteiger partial charge is 0.438 e. The van der Waals surface area contributed by atoms with E-state index in [4.69, 9.17) is 16.3 Å². The van der Waals surface area contributed by atoms with Gasteiger partial charge in [-0.15, -0.1) is 0 Å². The Morgan fingerprint density at radius 3 is 2.41 bits per heavy atom. The van der Waals surface area contributed by atoms with Crippen molar-refractivity contribution in [1.29, 1.82) is 0 Å². The zero-order valence-corrected chi connectivity index (χ0v) is 21.2. The van der Waals surface area contributed by atoms with Gasteiger partial charge in [0.15, 0.2) is 12.1 Å². The number of anilines is 1. The standard InChI is InChI=1S/C28H27ClFN3O4/c1-17(2)15-31-27(35)24-25(37-28(36)33(24)16-18-6-10-22(30)11-7-18)19-8-12-23(13-9-19)32-26(34)20-4-3-5-21(29)14-20/h3-14,17,24-25H,15-16H2,1-2H3,(H,31,35)(H,32,34)/t24-,25+/m0/s1. The maximum Gasteiger partial charge on any atom is 0.411 e. The molecule has 1 heterocycles. The van der Waals surface area contributed by atoms with Gasteiger partial charge in [0.25, 0.3) is 5.91 Å². The molecule has 3 aromatic carbocycles. The molecule has 7 nitrogen and oxygen atoms in total. The summed E-state index contributed by atoms with van der Waals surface area (Å²) < 4.78 is 19.0. The molecule has 4 rings (SSSR count). The lowest BCUT2D eigenvalue weighted by Gasteiger charge is -2.24. The fourth-order valence-electron chi connectivity index (χ4n) is 3.99. The number of halogens is 2. The molecule has 0 aliphatic carbocycles. The summed E-state index contributed by atoms with van der Waals surface area (Å²) in [5, 5.41) is 6.14. The van der Waals surface area contributed by atoms with E-state index in [9.17, 15) is 18.8 Å². The minimum Gasteiger partial charge on any atom is -0.438 e. The molecule has 0 unspecified atom stereocenters. The van der Waals surface area contributed by atoms with Gasteiger partial charge in [-0.05, 0) is 59.5 Å². The fraction of sp³-hybridized carbons (Fsp3) is 0.250. The number of carbonyl (C=O) groups is 3. The predicted molar refractivity (Wildman–Crippen MR) is 139 cm³/mol. The molecule has 37 heavy (non-hydrogen) atoms. The van der Waals surface area contributed by atoms with E-state index in [2.05, 4.69) is 10.6 Å². The Balaban J connectivity index is 1.54. The second kappa shape index (κ2) is 11.4. The summed E-state index contributed by atoms with van der Waals surface area (Å²) in [6.45, 7) is 4.47. The van der Waals surface area contributed by atoms with Crippen LogP contribution in [0.4, 0.5) is 14.9 Å². The number of hydrogen-bond donors (Lipinski definition) is 2. The summed E-state index contributed by atoms with van der Waals surface area (Å²) in [7, 11) is 0. The topological polar surface area (TPSA) is 87.7 Å². The van der Waals surface area contributed by atoms with Gasteiger partial charge in [-0.2, -0.15) is 0 Å². The maximum atomic E-state index is 13.4. The molecule has 0 saturated carbocycles. The molecule has 0 aromatic heterocycles. The zero-order chi connectivity index (χ0) is 26.5. The molecule has 0 radical (unpaired) electrons. The van der Waals surface area contributed by atoms with E-state index < -0.39 is 18.2 Å². The van der Waals surface area contributed by atoms with Crippen LogP contribution >= 0.6 is 11.6 Å². The lowest BCUT2D eigenvalue weighted by molar-refractivity contribution is -0.126. The molecule has 2 atom stereocenters. The van der Waals surface area contributed by atoms with E-state index in [1.165, 1.54) is 17.0 Å². The van der Waals surface area contributed by atoms with E-state index >= 15 is 0 Å². The second-order valence-electron chi connectivity index (χ2n) is 9.23. The first kappa shape index (κ1) is 26.2. The minimum absolute atomic E-state index is 0.0865. The van der Waals surface area contributed by atoms with Crippen LogP contribution < -0.4 is 10.6 Å². The van der Waals surface area contributed by atoms with Gasteiger partial charge in [-0.3, -0.25) is 14.5 Å². The van der Waals surface area contributed by atoms with Gasteiger partial charge < -0.3 is 15.4 Å². The van der Waals surface area contributed by atoms with Crippen molar-refractivity contribution < 1.29 is 23.5 Å². The van der Waals surface area contributed by atoms with Gasteiger partial charge in [0.05, 0.1) is 6.54 Å². The number of benzene rings is 3. The van der Waals surface area contributed by atoms with Crippen LogP contribution in [-0.4, -0.2) is 35.4 Å². The second-order valence-corrected chi connectivity index (χ2v) is 9.67. The van der Waals surface area contributed by atoms with Gasteiger partial charge in [0.2, 0.25) is 5.91 Å². The highest BCUT2D eigenvalue weighted by Gasteiger charge is 2.46. The molecule has 1 aliphatic rings. The van der Waals surface area contributed by atoms with Crippen molar-refractivity contribution in [3.05, 3.63) is 100 Å². The van der Waals surface area contributed by atoms with Crippen LogP contribution in [0, 0.1) is 11.7 Å². The van der Waals surface area contributed by atoms with Crippen LogP contribution in [0.2, 0.25) is 5.02 Å². The molecule has 1 aliphatic heterocycles. The van der Waals surface area contributed by atoms with Gasteiger partial charge >= 0.3 is 6.09 Å². The quantitative estimate of drug-likeness (QED) is 0.404. The average molecular weight is 524 g/mol. The van der Waals surface area contributed by atoms with Gasteiger partial charge in [0.1, 0.15) is 5.82 Å². The average Bonchev–Trinajstić information content (AvgIpc) is 3.20. The molecule has 1 saturated heterocycles. The van der Waals surface area contributed by atoms with Crippen molar-refractivity contribution in [1.82, 2.24) is 10.2 Å². The third-order valence-corrected chi connectivity index (χ3v) is 6.12. The van der Waals surface area contributed by atoms with E-state index in [1.54, 1.807) is 60.7 Å². The third-order valence-electron chi connectivity index (χ3n) is 5.89. The highest BCUT2D eigenvalue weighted by atomic mass is 35.5. The Kier molecular flexibility index (Phi) is 8.08. The van der Waals surface area contributed by atoms with Crippen molar-refractivity contribution in [2.45, 2.75) is 32.5 Å². The number of hydrogen-bond acceptors (Lipinski definition) is 4. The lowest BCUT2D eigenvalue weighted by atomic mass is 10.00. The maximum absolute atomic E-state index is 13.4. The van der Waals surface area contributed by atoms with Crippen LogP contribution in [-0.2, 0) is 16.1 Å². The first-order valence-corrected chi connectivity index (χ1v) is 12.3. The van der Waals surface area contributed by atoms with Crippen LogP contribution in [0.5, 0.6) is 0 Å². The number of rotatable bonds is 8. The number of ether oxygens (including phenoxy) is 1. The molecule has 3 aromatic rings. The Morgan fingerprint density at radius 1 is 1.05 bits per heavy atom. The van der Waals surface area contributed by atoms with Crippen molar-refractivity contribution in [2.75, 3.05) is 11.9 Å². The summed E-state index contributed by atoms with van der Waals surface area (Å²) in [6.07, 6.45) is -1.50. The van der Waals surface area contributed by atoms with Gasteiger partial charge in [-0.1, -0.05) is 55.8 Å². The Hall–Kier alpha value is -3.91. The number of nitrogens with zero attached hydrogens (tertiary/aromatic N) is 1. The molecule has 192 valence electrons. The number of cyclic esters (lactones) is 1. The van der Waals surface area contributed by atoms with E-state index in [1.807, 2.05) is 13.8 Å². The molecular weight excluding hydrogens is 497 g/mol. The highest BCUT2D eigenvalue weighted by molar-refractivity contribution is 6.31. The van der Waals surface area contributed by atoms with Gasteiger partial charge in [0, 0.05) is 22.8 Å². The zero-order valence-electron chi connectivity index (χ0n) is 20.4. The fourth-order valence-corrected chi connectivity index (χ4v) is 4.19. The lowest BCUT2D eigenvalue weighted by Crippen LogP contribution is -2.47. The summed E-state index contributed by atoms with van der Waals surface area (Å²) in [6, 6.07) is 18.2. The third kappa shape index (κ3) is 6.46. The molecular formula is C28H27ClFN3O4. The summed E-state index contributed by atoms with van der Waals surface area (Å²) >= 11 is 5.97. The molecule has 0 bridgehead atoms. The van der Waals surface area contributed by atoms with E-state index in [-0.39, 0.29) is 30.1 Å². The van der Waals surface area contributed by atoms with E-state index in [0.29, 0.717) is 33.9 Å². The number of amides is 3. The minimum atomic E-state index is -0.928. The molecule has 9 heteroatoms. The first-order valence-electron chi connectivity index (χ1n) is 11.9. The summed E-state index contributed by atoms with van der Waals surface area (Å²) in [5.41, 5.74) is 2.21. The Morgan fingerprint density at radius 2 is 1.76 bits per heavy atom. The summed E-state index contributed by atoms with van der Waals surface area (Å²) in [4.78, 5) is 40.0. The smallest absolute Gasteiger partial charge is 0.411 e. The molecule has 3 amide bonds. The van der Waals surface area contributed by atoms with E-state index in [0.717, 1.165) is 0 Å². The van der Waals surface area contributed by atoms with Crippen LogP contribution in [0.25, 0.3) is 0 Å². The van der Waals surface area contributed by atoms with Crippen LogP contribution in [0.1, 0.15) is 41.4 Å².